The Hall–Kier alpha value is -0.280. The minimum Gasteiger partial charge on any atom is -0.394 e. The van der Waals surface area contributed by atoms with E-state index in [2.05, 4.69) is 14.5 Å². The topological polar surface area (TPSA) is 109 Å². The van der Waals surface area contributed by atoms with Crippen LogP contribution in [-0.4, -0.2) is 65.4 Å². The van der Waals surface area contributed by atoms with Crippen LogP contribution in [0, 0.1) is 0 Å². The first kappa shape index (κ1) is 14.7. The van der Waals surface area contributed by atoms with E-state index in [1.165, 1.54) is 7.11 Å². The molecule has 0 aromatic rings. The standard InChI is InChI=1S/C8H18O7/c1-5(13-2)15-14-4-7(11)8(12)6(10)3-9/h5-12H,3-4H2,1-2H3/t5?,6-,7+,8-/m1/s1. The maximum atomic E-state index is 9.24. The molecule has 0 heterocycles. The lowest BCUT2D eigenvalue weighted by Gasteiger charge is -2.21. The highest BCUT2D eigenvalue weighted by Gasteiger charge is 2.24. The number of aliphatic hydroxyl groups is 4. The van der Waals surface area contributed by atoms with Gasteiger partial charge in [0.1, 0.15) is 24.9 Å². The third-order valence-electron chi connectivity index (χ3n) is 1.75. The average molecular weight is 226 g/mol. The van der Waals surface area contributed by atoms with Crippen molar-refractivity contribution in [1.29, 1.82) is 0 Å². The Balaban J connectivity index is 3.68. The number of rotatable bonds is 8. The van der Waals surface area contributed by atoms with Crippen molar-refractivity contribution >= 4 is 0 Å². The van der Waals surface area contributed by atoms with Crippen molar-refractivity contribution in [3.63, 3.8) is 0 Å². The molecule has 0 rings (SSSR count). The number of aliphatic hydroxyl groups excluding tert-OH is 4. The molecule has 4 N–H and O–H groups in total. The zero-order valence-corrected chi connectivity index (χ0v) is 8.74. The first-order valence-electron chi connectivity index (χ1n) is 4.49. The predicted molar refractivity (Wildman–Crippen MR) is 48.6 cm³/mol. The van der Waals surface area contributed by atoms with Crippen LogP contribution in [0.4, 0.5) is 0 Å². The molecule has 0 radical (unpaired) electrons. The van der Waals surface area contributed by atoms with E-state index >= 15 is 0 Å². The van der Waals surface area contributed by atoms with Crippen molar-refractivity contribution in [3.05, 3.63) is 0 Å². The fourth-order valence-electron chi connectivity index (χ4n) is 0.707. The van der Waals surface area contributed by atoms with Crippen LogP contribution < -0.4 is 0 Å². The molecule has 0 amide bonds. The van der Waals surface area contributed by atoms with Gasteiger partial charge in [0.25, 0.3) is 0 Å². The molecule has 0 fully saturated rings. The molecule has 0 aliphatic heterocycles. The molecule has 0 aromatic heterocycles. The summed E-state index contributed by atoms with van der Waals surface area (Å²) in [5.41, 5.74) is 0. The third kappa shape index (κ3) is 6.00. The average Bonchev–Trinajstić information content (AvgIpc) is 2.26. The van der Waals surface area contributed by atoms with E-state index in [9.17, 15) is 10.2 Å². The Morgan fingerprint density at radius 2 is 1.73 bits per heavy atom. The Morgan fingerprint density at radius 3 is 2.20 bits per heavy atom. The van der Waals surface area contributed by atoms with Gasteiger partial charge in [-0.2, -0.15) is 0 Å². The van der Waals surface area contributed by atoms with Crippen LogP contribution in [0.5, 0.6) is 0 Å². The zero-order valence-electron chi connectivity index (χ0n) is 8.74. The highest BCUT2D eigenvalue weighted by atomic mass is 17.2. The van der Waals surface area contributed by atoms with Crippen LogP contribution in [0.3, 0.4) is 0 Å². The van der Waals surface area contributed by atoms with Gasteiger partial charge in [-0.15, -0.1) is 0 Å². The summed E-state index contributed by atoms with van der Waals surface area (Å²) in [7, 11) is 1.41. The number of hydrogen-bond donors (Lipinski definition) is 4. The van der Waals surface area contributed by atoms with Crippen molar-refractivity contribution in [2.75, 3.05) is 20.3 Å². The van der Waals surface area contributed by atoms with Gasteiger partial charge in [-0.25, -0.2) is 9.78 Å². The quantitative estimate of drug-likeness (QED) is 0.215. The van der Waals surface area contributed by atoms with Crippen molar-refractivity contribution in [1.82, 2.24) is 0 Å². The summed E-state index contributed by atoms with van der Waals surface area (Å²) in [5, 5.41) is 35.9. The smallest absolute Gasteiger partial charge is 0.188 e. The van der Waals surface area contributed by atoms with Crippen LogP contribution in [0.25, 0.3) is 0 Å². The van der Waals surface area contributed by atoms with Crippen LogP contribution in [0.15, 0.2) is 0 Å². The van der Waals surface area contributed by atoms with Gasteiger partial charge >= 0.3 is 0 Å². The number of ether oxygens (including phenoxy) is 1. The zero-order chi connectivity index (χ0) is 11.8. The second-order valence-electron chi connectivity index (χ2n) is 2.99. The molecule has 0 aliphatic carbocycles. The van der Waals surface area contributed by atoms with E-state index in [0.29, 0.717) is 0 Å². The van der Waals surface area contributed by atoms with Gasteiger partial charge in [0.2, 0.25) is 0 Å². The fraction of sp³-hybridized carbons (Fsp3) is 1.00. The Kier molecular flexibility index (Phi) is 7.79. The Labute approximate surface area is 87.7 Å². The lowest BCUT2D eigenvalue weighted by atomic mass is 10.1. The van der Waals surface area contributed by atoms with Gasteiger partial charge in [-0.1, -0.05) is 0 Å². The molecular weight excluding hydrogens is 208 g/mol. The van der Waals surface area contributed by atoms with Gasteiger partial charge in [0, 0.05) is 7.11 Å². The molecule has 0 spiro atoms. The maximum Gasteiger partial charge on any atom is 0.188 e. The van der Waals surface area contributed by atoms with E-state index in [-0.39, 0.29) is 6.61 Å². The monoisotopic (exact) mass is 226 g/mol. The normalized spacial score (nSPS) is 19.6. The summed E-state index contributed by atoms with van der Waals surface area (Å²) in [6.07, 6.45) is -4.85. The maximum absolute atomic E-state index is 9.24. The fourth-order valence-corrected chi connectivity index (χ4v) is 0.707. The van der Waals surface area contributed by atoms with Gasteiger partial charge in [-0.3, -0.25) is 0 Å². The summed E-state index contributed by atoms with van der Waals surface area (Å²) in [6.45, 7) is 0.588. The summed E-state index contributed by atoms with van der Waals surface area (Å²) >= 11 is 0. The summed E-state index contributed by atoms with van der Waals surface area (Å²) in [6, 6.07) is 0. The van der Waals surface area contributed by atoms with Gasteiger partial charge in [-0.05, 0) is 6.92 Å². The molecule has 1 unspecified atom stereocenters. The first-order chi connectivity index (χ1) is 7.02. The van der Waals surface area contributed by atoms with E-state index < -0.39 is 31.2 Å². The van der Waals surface area contributed by atoms with E-state index in [0.717, 1.165) is 0 Å². The van der Waals surface area contributed by atoms with Crippen LogP contribution in [0.2, 0.25) is 0 Å². The van der Waals surface area contributed by atoms with Crippen LogP contribution >= 0.6 is 0 Å². The molecular formula is C8H18O7. The highest BCUT2D eigenvalue weighted by Crippen LogP contribution is 2.02. The minimum atomic E-state index is -1.49. The van der Waals surface area contributed by atoms with Crippen LogP contribution in [-0.2, 0) is 14.5 Å². The van der Waals surface area contributed by atoms with Crippen molar-refractivity contribution in [2.45, 2.75) is 31.5 Å². The van der Waals surface area contributed by atoms with Crippen LogP contribution in [0.1, 0.15) is 6.92 Å². The largest absolute Gasteiger partial charge is 0.394 e. The van der Waals surface area contributed by atoms with Crippen molar-refractivity contribution < 1.29 is 34.9 Å². The Bertz CT molecular complexity index is 154. The van der Waals surface area contributed by atoms with Gasteiger partial charge in [0.05, 0.1) is 6.61 Å². The summed E-state index contributed by atoms with van der Waals surface area (Å²) in [5.74, 6) is 0. The summed E-state index contributed by atoms with van der Waals surface area (Å²) < 4.78 is 4.68. The molecule has 0 aromatic carbocycles. The second kappa shape index (κ2) is 7.94. The van der Waals surface area contributed by atoms with E-state index in [1.54, 1.807) is 6.92 Å². The summed E-state index contributed by atoms with van der Waals surface area (Å²) in [4.78, 5) is 9.12. The Morgan fingerprint density at radius 1 is 1.13 bits per heavy atom. The minimum absolute atomic E-state index is 0.341. The lowest BCUT2D eigenvalue weighted by molar-refractivity contribution is -0.378. The molecule has 7 heteroatoms. The number of hydrogen-bond acceptors (Lipinski definition) is 7. The molecule has 15 heavy (non-hydrogen) atoms. The van der Waals surface area contributed by atoms with E-state index in [4.69, 9.17) is 10.2 Å². The molecule has 0 aliphatic rings. The molecule has 0 bridgehead atoms. The molecule has 0 saturated heterocycles. The SMILES string of the molecule is COC(C)OOC[C@H](O)[C@H](O)[C@H](O)CO. The first-order valence-corrected chi connectivity index (χ1v) is 4.49. The van der Waals surface area contributed by atoms with Crippen molar-refractivity contribution in [3.8, 4) is 0 Å². The predicted octanol–water partition coefficient (Wildman–Crippen LogP) is -2.00. The third-order valence-corrected chi connectivity index (χ3v) is 1.75. The molecule has 92 valence electrons. The highest BCUT2D eigenvalue weighted by molar-refractivity contribution is 4.73. The molecule has 7 nitrogen and oxygen atoms in total. The lowest BCUT2D eigenvalue weighted by Crippen LogP contribution is -2.42. The number of methoxy groups -OCH3 is 1. The van der Waals surface area contributed by atoms with Gasteiger partial charge in [0.15, 0.2) is 6.29 Å². The molecule has 0 saturated carbocycles. The van der Waals surface area contributed by atoms with E-state index in [1.807, 2.05) is 0 Å². The van der Waals surface area contributed by atoms with Gasteiger partial charge < -0.3 is 25.2 Å². The van der Waals surface area contributed by atoms with Crippen molar-refractivity contribution in [2.24, 2.45) is 0 Å². The second-order valence-corrected chi connectivity index (χ2v) is 2.99. The molecule has 4 atom stereocenters.